The van der Waals surface area contributed by atoms with Gasteiger partial charge >= 0.3 is 0 Å². The van der Waals surface area contributed by atoms with Gasteiger partial charge in [0.05, 0.1) is 38.3 Å². The molecular weight excluding hydrogens is 250 g/mol. The number of aliphatic hydroxyl groups is 2. The number of nitrogen functional groups attached to an aromatic ring is 1. The number of nitrogens with two attached hydrogens (primary N) is 1. The number of hydrogen-bond acceptors (Lipinski definition) is 7. The molecule has 3 rings (SSSR count). The molecule has 0 unspecified atom stereocenters. The summed E-state index contributed by atoms with van der Waals surface area (Å²) in [5.41, 5.74) is 6.88. The summed E-state index contributed by atoms with van der Waals surface area (Å²) in [4.78, 5) is 12.3. The topological polar surface area (TPSA) is 119 Å². The van der Waals surface area contributed by atoms with Gasteiger partial charge in [-0.2, -0.15) is 0 Å². The van der Waals surface area contributed by atoms with Crippen molar-refractivity contribution in [1.29, 1.82) is 0 Å². The first-order chi connectivity index (χ1) is 9.26. The van der Waals surface area contributed by atoms with Crippen LogP contribution in [0.15, 0.2) is 12.7 Å². The van der Waals surface area contributed by atoms with Crippen molar-refractivity contribution >= 4 is 17.0 Å². The molecule has 0 spiro atoms. The van der Waals surface area contributed by atoms with Crippen molar-refractivity contribution in [2.75, 3.05) is 25.6 Å². The van der Waals surface area contributed by atoms with Crippen LogP contribution in [0.25, 0.3) is 11.2 Å². The Morgan fingerprint density at radius 3 is 2.89 bits per heavy atom. The largest absolute Gasteiger partial charge is 0.396 e. The van der Waals surface area contributed by atoms with E-state index in [9.17, 15) is 10.2 Å². The fourth-order valence-electron chi connectivity index (χ4n) is 2.54. The molecule has 8 nitrogen and oxygen atoms in total. The van der Waals surface area contributed by atoms with Crippen molar-refractivity contribution in [3.05, 3.63) is 12.7 Å². The molecule has 1 saturated heterocycles. The third kappa shape index (κ3) is 1.84. The van der Waals surface area contributed by atoms with Crippen LogP contribution in [0.2, 0.25) is 0 Å². The van der Waals surface area contributed by atoms with Crippen LogP contribution < -0.4 is 5.73 Å². The molecule has 0 aliphatic carbocycles. The predicted molar refractivity (Wildman–Crippen MR) is 66.2 cm³/mol. The number of nitrogens with zero attached hydrogens (tertiary/aromatic N) is 4. The molecule has 1 fully saturated rings. The number of anilines is 1. The Morgan fingerprint density at radius 1 is 1.32 bits per heavy atom. The summed E-state index contributed by atoms with van der Waals surface area (Å²) in [5.74, 6) is 0.125. The Morgan fingerprint density at radius 2 is 2.16 bits per heavy atom. The molecule has 0 aromatic carbocycles. The van der Waals surface area contributed by atoms with Crippen molar-refractivity contribution in [2.24, 2.45) is 5.92 Å². The van der Waals surface area contributed by atoms with E-state index in [2.05, 4.69) is 15.0 Å². The van der Waals surface area contributed by atoms with Crippen LogP contribution in [0.5, 0.6) is 0 Å². The molecule has 0 radical (unpaired) electrons. The van der Waals surface area contributed by atoms with Gasteiger partial charge in [0.2, 0.25) is 0 Å². The van der Waals surface area contributed by atoms with Gasteiger partial charge in [0.15, 0.2) is 11.5 Å². The second-order valence-electron chi connectivity index (χ2n) is 4.55. The number of fused-ring (bicyclic) bond motifs is 1. The van der Waals surface area contributed by atoms with Gasteiger partial charge in [-0.3, -0.25) is 0 Å². The summed E-state index contributed by atoms with van der Waals surface area (Å²) in [6.45, 7) is 0.202. The summed E-state index contributed by atoms with van der Waals surface area (Å²) in [6.07, 6.45) is 2.63. The van der Waals surface area contributed by atoms with Gasteiger partial charge in [-0.1, -0.05) is 0 Å². The number of ether oxygens (including phenoxy) is 1. The molecule has 1 aliphatic rings. The van der Waals surface area contributed by atoms with E-state index in [-0.39, 0.29) is 31.3 Å². The van der Waals surface area contributed by atoms with Gasteiger partial charge < -0.3 is 25.3 Å². The minimum atomic E-state index is -0.369. The van der Waals surface area contributed by atoms with Crippen LogP contribution in [0.4, 0.5) is 5.82 Å². The van der Waals surface area contributed by atoms with Gasteiger partial charge in [-0.15, -0.1) is 0 Å². The monoisotopic (exact) mass is 265 g/mol. The molecule has 3 heterocycles. The maximum Gasteiger partial charge on any atom is 0.165 e. The maximum atomic E-state index is 9.48. The van der Waals surface area contributed by atoms with Gasteiger partial charge in [-0.25, -0.2) is 15.0 Å². The molecule has 0 amide bonds. The highest BCUT2D eigenvalue weighted by Gasteiger charge is 2.38. The average molecular weight is 265 g/mol. The molecule has 0 saturated carbocycles. The molecule has 19 heavy (non-hydrogen) atoms. The van der Waals surface area contributed by atoms with E-state index in [0.29, 0.717) is 23.6 Å². The zero-order valence-corrected chi connectivity index (χ0v) is 10.2. The van der Waals surface area contributed by atoms with Gasteiger partial charge in [0.25, 0.3) is 0 Å². The van der Waals surface area contributed by atoms with E-state index < -0.39 is 0 Å². The zero-order valence-electron chi connectivity index (χ0n) is 10.2. The fraction of sp³-hybridized carbons (Fsp3) is 0.545. The third-order valence-electron chi connectivity index (χ3n) is 3.59. The SMILES string of the molecule is Nc1ncnc2c1ncn2[C@@H]1CO[C@H](CO)[C@H]1CO. The van der Waals surface area contributed by atoms with Crippen LogP contribution in [0.1, 0.15) is 6.04 Å². The third-order valence-corrected chi connectivity index (χ3v) is 3.59. The van der Waals surface area contributed by atoms with E-state index in [4.69, 9.17) is 10.5 Å². The van der Waals surface area contributed by atoms with Crippen molar-refractivity contribution in [2.45, 2.75) is 12.1 Å². The number of hydrogen-bond donors (Lipinski definition) is 3. The lowest BCUT2D eigenvalue weighted by Crippen LogP contribution is -2.28. The highest BCUT2D eigenvalue weighted by atomic mass is 16.5. The summed E-state index contributed by atoms with van der Waals surface area (Å²) in [6, 6.07) is -0.124. The van der Waals surface area contributed by atoms with E-state index in [1.165, 1.54) is 6.33 Å². The molecule has 2 aromatic heterocycles. The van der Waals surface area contributed by atoms with Crippen molar-refractivity contribution < 1.29 is 14.9 Å². The second-order valence-corrected chi connectivity index (χ2v) is 4.55. The number of aromatic nitrogens is 4. The summed E-state index contributed by atoms with van der Waals surface area (Å²) < 4.78 is 7.31. The number of imidazole rings is 1. The van der Waals surface area contributed by atoms with Crippen LogP contribution in [0, 0.1) is 5.92 Å². The molecule has 102 valence electrons. The van der Waals surface area contributed by atoms with E-state index in [0.717, 1.165) is 0 Å². The van der Waals surface area contributed by atoms with Crippen molar-refractivity contribution in [1.82, 2.24) is 19.5 Å². The molecule has 4 N–H and O–H groups in total. The predicted octanol–water partition coefficient (Wildman–Crippen LogP) is -1.05. The van der Waals surface area contributed by atoms with Crippen LogP contribution in [0.3, 0.4) is 0 Å². The van der Waals surface area contributed by atoms with Gasteiger partial charge in [-0.05, 0) is 0 Å². The lowest BCUT2D eigenvalue weighted by molar-refractivity contribution is 0.0268. The quantitative estimate of drug-likeness (QED) is 0.647. The molecule has 3 atom stereocenters. The summed E-state index contributed by atoms with van der Waals surface area (Å²) in [7, 11) is 0. The van der Waals surface area contributed by atoms with E-state index in [1.807, 2.05) is 4.57 Å². The van der Waals surface area contributed by atoms with Crippen LogP contribution in [-0.2, 0) is 4.74 Å². The first-order valence-corrected chi connectivity index (χ1v) is 6.02. The van der Waals surface area contributed by atoms with Crippen LogP contribution in [-0.4, -0.2) is 55.7 Å². The summed E-state index contributed by atoms with van der Waals surface area (Å²) >= 11 is 0. The highest BCUT2D eigenvalue weighted by molar-refractivity contribution is 5.81. The first-order valence-electron chi connectivity index (χ1n) is 6.02. The Labute approximate surface area is 108 Å². The summed E-state index contributed by atoms with van der Waals surface area (Å²) in [5, 5.41) is 18.7. The molecule has 0 bridgehead atoms. The lowest BCUT2D eigenvalue weighted by atomic mass is 9.98. The number of aliphatic hydroxyl groups excluding tert-OH is 2. The van der Waals surface area contributed by atoms with Gasteiger partial charge in [0, 0.05) is 5.92 Å². The molecule has 8 heteroatoms. The Bertz CT molecular complexity index is 587. The van der Waals surface area contributed by atoms with Crippen LogP contribution >= 0.6 is 0 Å². The molecule has 1 aliphatic heterocycles. The smallest absolute Gasteiger partial charge is 0.165 e. The lowest BCUT2D eigenvalue weighted by Gasteiger charge is -2.20. The normalized spacial score (nSPS) is 27.2. The maximum absolute atomic E-state index is 9.48. The minimum Gasteiger partial charge on any atom is -0.396 e. The number of rotatable bonds is 3. The Hall–Kier alpha value is -1.77. The van der Waals surface area contributed by atoms with Gasteiger partial charge in [0.1, 0.15) is 11.8 Å². The first kappa shape index (κ1) is 12.3. The zero-order chi connectivity index (χ0) is 13.4. The van der Waals surface area contributed by atoms with E-state index in [1.54, 1.807) is 6.33 Å². The van der Waals surface area contributed by atoms with Crippen molar-refractivity contribution in [3.8, 4) is 0 Å². The van der Waals surface area contributed by atoms with E-state index >= 15 is 0 Å². The average Bonchev–Trinajstić information content (AvgIpc) is 3.01. The Balaban J connectivity index is 2.03. The Kier molecular flexibility index (Phi) is 3.05. The second kappa shape index (κ2) is 4.72. The standard InChI is InChI=1S/C11H15N5O3/c12-10-9-11(14-4-13-10)16(5-15-9)7-3-19-8(2-18)6(7)1-17/h4-8,17-18H,1-3H2,(H2,12,13,14)/t6-,7+,8+/m0/s1. The highest BCUT2D eigenvalue weighted by Crippen LogP contribution is 2.33. The molecule has 2 aromatic rings. The minimum absolute atomic E-state index is 0.0733. The van der Waals surface area contributed by atoms with Crippen molar-refractivity contribution in [3.63, 3.8) is 0 Å². The molecular formula is C11H15N5O3. The fourth-order valence-corrected chi connectivity index (χ4v) is 2.54.